The van der Waals surface area contributed by atoms with Crippen molar-refractivity contribution in [1.29, 1.82) is 0 Å². The summed E-state index contributed by atoms with van der Waals surface area (Å²) in [5.41, 5.74) is 8.06. The number of primary amides is 1. The van der Waals surface area contributed by atoms with E-state index in [0.717, 1.165) is 29.1 Å². The van der Waals surface area contributed by atoms with Gasteiger partial charge in [-0.25, -0.2) is 9.97 Å². The van der Waals surface area contributed by atoms with Crippen molar-refractivity contribution < 1.29 is 9.53 Å². The number of anilines is 1. The summed E-state index contributed by atoms with van der Waals surface area (Å²) in [4.78, 5) is 24.4. The largest absolute Gasteiger partial charge is 0.367 e. The lowest BCUT2D eigenvalue weighted by Gasteiger charge is -2.16. The second-order valence-corrected chi connectivity index (χ2v) is 5.96. The van der Waals surface area contributed by atoms with Crippen molar-refractivity contribution in [2.75, 3.05) is 11.9 Å². The van der Waals surface area contributed by atoms with Crippen LogP contribution in [-0.2, 0) is 9.53 Å². The van der Waals surface area contributed by atoms with E-state index < -0.39 is 12.0 Å². The lowest BCUT2D eigenvalue weighted by molar-refractivity contribution is -0.128. The first-order valence-corrected chi connectivity index (χ1v) is 7.99. The van der Waals surface area contributed by atoms with E-state index in [-0.39, 0.29) is 6.10 Å². The number of nitrogens with zero attached hydrogens (tertiary/aromatic N) is 3. The third-order valence-electron chi connectivity index (χ3n) is 4.23. The van der Waals surface area contributed by atoms with E-state index in [1.807, 2.05) is 26.0 Å². The van der Waals surface area contributed by atoms with Crippen LogP contribution in [0.4, 0.5) is 5.82 Å². The molecule has 3 rings (SSSR count). The van der Waals surface area contributed by atoms with E-state index in [2.05, 4.69) is 20.3 Å². The second kappa shape index (κ2) is 6.92. The number of hydrogen-bond donors (Lipinski definition) is 2. The van der Waals surface area contributed by atoms with Crippen LogP contribution in [0.2, 0.25) is 0 Å². The molecule has 0 aromatic carbocycles. The van der Waals surface area contributed by atoms with E-state index in [0.29, 0.717) is 18.8 Å². The first-order valence-electron chi connectivity index (χ1n) is 7.99. The fourth-order valence-electron chi connectivity index (χ4n) is 2.70. The summed E-state index contributed by atoms with van der Waals surface area (Å²) < 4.78 is 5.64. The van der Waals surface area contributed by atoms with Crippen molar-refractivity contribution in [1.82, 2.24) is 15.0 Å². The number of nitrogens with one attached hydrogen (secondary N) is 1. The molecule has 2 aromatic rings. The minimum absolute atomic E-state index is 0.0426. The molecule has 24 heavy (non-hydrogen) atoms. The smallest absolute Gasteiger partial charge is 0.246 e. The third kappa shape index (κ3) is 3.51. The number of pyridine rings is 1. The maximum atomic E-state index is 11.2. The molecule has 1 aliphatic rings. The number of aromatic nitrogens is 3. The van der Waals surface area contributed by atoms with Gasteiger partial charge in [0.2, 0.25) is 5.91 Å². The molecule has 1 fully saturated rings. The number of rotatable bonds is 5. The number of carbonyl (C=O) groups is 1. The summed E-state index contributed by atoms with van der Waals surface area (Å²) in [5.74, 6) is 1.01. The Labute approximate surface area is 140 Å². The standard InChI is InChI=1S/C17H21N5O2/c1-10-11(2)21-17(12-4-3-7-19-8-12)22-16(10)20-9-13-5-6-14(24-13)15(18)23/h3-4,7-8,13-14H,5-6,9H2,1-2H3,(H2,18,23)(H,20,21,22). The quantitative estimate of drug-likeness (QED) is 0.864. The highest BCUT2D eigenvalue weighted by atomic mass is 16.5. The summed E-state index contributed by atoms with van der Waals surface area (Å²) in [6.45, 7) is 4.51. The molecule has 1 amide bonds. The van der Waals surface area contributed by atoms with Crippen LogP contribution in [0.5, 0.6) is 0 Å². The molecule has 7 heteroatoms. The van der Waals surface area contributed by atoms with E-state index >= 15 is 0 Å². The predicted molar refractivity (Wildman–Crippen MR) is 90.3 cm³/mol. The molecule has 126 valence electrons. The molecule has 3 heterocycles. The molecule has 1 aliphatic heterocycles. The van der Waals surface area contributed by atoms with E-state index in [1.54, 1.807) is 12.4 Å². The summed E-state index contributed by atoms with van der Waals surface area (Å²) in [7, 11) is 0. The Morgan fingerprint density at radius 3 is 2.88 bits per heavy atom. The van der Waals surface area contributed by atoms with Crippen molar-refractivity contribution in [3.05, 3.63) is 35.8 Å². The molecule has 7 nitrogen and oxygen atoms in total. The van der Waals surface area contributed by atoms with Gasteiger partial charge in [0, 0.05) is 35.8 Å². The molecular formula is C17H21N5O2. The van der Waals surface area contributed by atoms with Gasteiger partial charge < -0.3 is 15.8 Å². The average Bonchev–Trinajstić information content (AvgIpc) is 3.06. The van der Waals surface area contributed by atoms with Crippen molar-refractivity contribution >= 4 is 11.7 Å². The van der Waals surface area contributed by atoms with Crippen LogP contribution in [0.25, 0.3) is 11.4 Å². The van der Waals surface area contributed by atoms with Gasteiger partial charge in [-0.05, 0) is 38.8 Å². The number of carbonyl (C=O) groups excluding carboxylic acids is 1. The molecule has 0 bridgehead atoms. The lowest BCUT2D eigenvalue weighted by Crippen LogP contribution is -2.30. The van der Waals surface area contributed by atoms with E-state index in [1.165, 1.54) is 0 Å². The highest BCUT2D eigenvalue weighted by Gasteiger charge is 2.29. The molecule has 1 saturated heterocycles. The van der Waals surface area contributed by atoms with Crippen molar-refractivity contribution in [3.63, 3.8) is 0 Å². The number of hydrogen-bond acceptors (Lipinski definition) is 6. The van der Waals surface area contributed by atoms with Gasteiger partial charge in [-0.1, -0.05) is 0 Å². The van der Waals surface area contributed by atoms with E-state index in [4.69, 9.17) is 10.5 Å². The van der Waals surface area contributed by atoms with Gasteiger partial charge in [-0.2, -0.15) is 0 Å². The number of nitrogens with two attached hydrogens (primary N) is 1. The topological polar surface area (TPSA) is 103 Å². The van der Waals surface area contributed by atoms with Crippen LogP contribution >= 0.6 is 0 Å². The lowest BCUT2D eigenvalue weighted by atomic mass is 10.2. The van der Waals surface area contributed by atoms with Gasteiger partial charge in [-0.3, -0.25) is 9.78 Å². The predicted octanol–water partition coefficient (Wildman–Crippen LogP) is 1.60. The third-order valence-corrected chi connectivity index (χ3v) is 4.23. The summed E-state index contributed by atoms with van der Waals surface area (Å²) in [5, 5.41) is 3.32. The normalized spacial score (nSPS) is 20.1. The van der Waals surface area contributed by atoms with Gasteiger partial charge >= 0.3 is 0 Å². The van der Waals surface area contributed by atoms with Crippen LogP contribution < -0.4 is 11.1 Å². The zero-order chi connectivity index (χ0) is 17.1. The summed E-state index contributed by atoms with van der Waals surface area (Å²) >= 11 is 0. The molecule has 3 N–H and O–H groups in total. The SMILES string of the molecule is Cc1nc(-c2cccnc2)nc(NCC2CCC(C(N)=O)O2)c1C. The minimum atomic E-state index is -0.476. The van der Waals surface area contributed by atoms with Gasteiger partial charge in [-0.15, -0.1) is 0 Å². The zero-order valence-corrected chi connectivity index (χ0v) is 13.8. The van der Waals surface area contributed by atoms with Crippen molar-refractivity contribution in [2.24, 2.45) is 5.73 Å². The molecule has 0 aliphatic carbocycles. The van der Waals surface area contributed by atoms with E-state index in [9.17, 15) is 4.79 Å². The maximum Gasteiger partial charge on any atom is 0.246 e. The molecule has 0 radical (unpaired) electrons. The van der Waals surface area contributed by atoms with Crippen LogP contribution in [0.3, 0.4) is 0 Å². The number of ether oxygens (including phenoxy) is 1. The highest BCUT2D eigenvalue weighted by molar-refractivity contribution is 5.79. The van der Waals surface area contributed by atoms with Crippen LogP contribution in [0, 0.1) is 13.8 Å². The maximum absolute atomic E-state index is 11.2. The van der Waals surface area contributed by atoms with Gasteiger partial charge in [0.1, 0.15) is 11.9 Å². The zero-order valence-electron chi connectivity index (χ0n) is 13.8. The Bertz CT molecular complexity index is 735. The van der Waals surface area contributed by atoms with Gasteiger partial charge in [0.05, 0.1) is 6.10 Å². The van der Waals surface area contributed by atoms with Crippen LogP contribution in [0.15, 0.2) is 24.5 Å². The first-order chi connectivity index (χ1) is 11.5. The van der Waals surface area contributed by atoms with Gasteiger partial charge in [0.25, 0.3) is 0 Å². The first kappa shape index (κ1) is 16.3. The second-order valence-electron chi connectivity index (χ2n) is 5.96. The van der Waals surface area contributed by atoms with Gasteiger partial charge in [0.15, 0.2) is 5.82 Å². The van der Waals surface area contributed by atoms with Crippen LogP contribution in [0.1, 0.15) is 24.1 Å². The number of aryl methyl sites for hydroxylation is 1. The molecule has 2 aromatic heterocycles. The number of amides is 1. The molecule has 2 atom stereocenters. The fraction of sp³-hybridized carbons (Fsp3) is 0.412. The Hall–Kier alpha value is -2.54. The Morgan fingerprint density at radius 1 is 1.38 bits per heavy atom. The van der Waals surface area contributed by atoms with Crippen molar-refractivity contribution in [2.45, 2.75) is 38.9 Å². The molecule has 0 saturated carbocycles. The Kier molecular flexibility index (Phi) is 4.71. The average molecular weight is 327 g/mol. The molecule has 2 unspecified atom stereocenters. The Morgan fingerprint density at radius 2 is 2.21 bits per heavy atom. The minimum Gasteiger partial charge on any atom is -0.367 e. The highest BCUT2D eigenvalue weighted by Crippen LogP contribution is 2.23. The Balaban J connectivity index is 1.74. The van der Waals surface area contributed by atoms with Crippen molar-refractivity contribution in [3.8, 4) is 11.4 Å². The van der Waals surface area contributed by atoms with Crippen LogP contribution in [-0.4, -0.2) is 39.6 Å². The fourth-order valence-corrected chi connectivity index (χ4v) is 2.70. The molecular weight excluding hydrogens is 306 g/mol. The summed E-state index contributed by atoms with van der Waals surface area (Å²) in [6, 6.07) is 3.79. The monoisotopic (exact) mass is 327 g/mol. The summed E-state index contributed by atoms with van der Waals surface area (Å²) in [6.07, 6.45) is 4.42. The molecule has 0 spiro atoms.